The number of rotatable bonds is 0. The molecule has 0 radical (unpaired) electrons. The molecular formula is C17H24N2O3. The highest BCUT2D eigenvalue weighted by Gasteiger charge is 2.48. The van der Waals surface area contributed by atoms with Crippen molar-refractivity contribution < 1.29 is 14.3 Å². The van der Waals surface area contributed by atoms with Crippen LogP contribution in [0.5, 0.6) is 0 Å². The van der Waals surface area contributed by atoms with Gasteiger partial charge < -0.3 is 9.64 Å². The maximum Gasteiger partial charge on any atom is 0.410 e. The summed E-state index contributed by atoms with van der Waals surface area (Å²) in [5, 5.41) is 9.17. The Kier molecular flexibility index (Phi) is 4.08. The number of carbonyl (C=O) groups is 2. The van der Waals surface area contributed by atoms with Gasteiger partial charge in [0.1, 0.15) is 11.7 Å². The molecule has 3 atom stereocenters. The Bertz CT molecular complexity index is 567. The monoisotopic (exact) mass is 304 g/mol. The molecule has 0 bridgehead atoms. The number of nitrogens with zero attached hydrogens (tertiary/aromatic N) is 2. The fourth-order valence-electron chi connectivity index (χ4n) is 3.60. The summed E-state index contributed by atoms with van der Waals surface area (Å²) in [5.41, 5.74) is -0.663. The van der Waals surface area contributed by atoms with Crippen molar-refractivity contribution in [1.82, 2.24) is 4.90 Å². The molecule has 5 nitrogen and oxygen atoms in total. The van der Waals surface area contributed by atoms with Crippen LogP contribution in [0.2, 0.25) is 0 Å². The Morgan fingerprint density at radius 1 is 1.50 bits per heavy atom. The number of hydrogen-bond donors (Lipinski definition) is 0. The fraction of sp³-hybridized carbons (Fsp3) is 0.706. The van der Waals surface area contributed by atoms with E-state index < -0.39 is 5.60 Å². The highest BCUT2D eigenvalue weighted by atomic mass is 16.6. The van der Waals surface area contributed by atoms with Crippen LogP contribution in [0.15, 0.2) is 11.6 Å². The zero-order valence-corrected chi connectivity index (χ0v) is 14.0. The average Bonchev–Trinajstić information content (AvgIpc) is 2.40. The van der Waals surface area contributed by atoms with E-state index in [1.165, 1.54) is 0 Å². The summed E-state index contributed by atoms with van der Waals surface area (Å²) >= 11 is 0. The first-order valence-electron chi connectivity index (χ1n) is 7.72. The number of carbonyl (C=O) groups excluding carboxylic acids is 2. The minimum atomic E-state index is -0.529. The van der Waals surface area contributed by atoms with Gasteiger partial charge in [-0.1, -0.05) is 19.9 Å². The first kappa shape index (κ1) is 16.5. The summed E-state index contributed by atoms with van der Waals surface area (Å²) in [6.07, 6.45) is 2.18. The number of hydrogen-bond acceptors (Lipinski definition) is 4. The lowest BCUT2D eigenvalue weighted by Crippen LogP contribution is -2.54. The number of nitriles is 1. The van der Waals surface area contributed by atoms with Crippen LogP contribution in [-0.2, 0) is 9.53 Å². The van der Waals surface area contributed by atoms with Gasteiger partial charge in [0, 0.05) is 24.4 Å². The first-order valence-corrected chi connectivity index (χ1v) is 7.72. The molecule has 0 spiro atoms. The van der Waals surface area contributed by atoms with Gasteiger partial charge >= 0.3 is 6.09 Å². The summed E-state index contributed by atoms with van der Waals surface area (Å²) in [4.78, 5) is 26.1. The van der Waals surface area contributed by atoms with E-state index in [1.807, 2.05) is 40.7 Å². The van der Waals surface area contributed by atoms with Crippen LogP contribution in [-0.4, -0.2) is 35.5 Å². The van der Waals surface area contributed by atoms with Crippen LogP contribution in [0.4, 0.5) is 4.79 Å². The highest BCUT2D eigenvalue weighted by molar-refractivity contribution is 6.01. The Balaban J connectivity index is 2.24. The van der Waals surface area contributed by atoms with Gasteiger partial charge in [-0.3, -0.25) is 4.79 Å². The van der Waals surface area contributed by atoms with Crippen LogP contribution in [0.25, 0.3) is 0 Å². The van der Waals surface area contributed by atoms with E-state index in [2.05, 4.69) is 0 Å². The number of fused-ring (bicyclic) bond motifs is 1. The summed E-state index contributed by atoms with van der Waals surface area (Å²) in [6.45, 7) is 10.5. The Hall–Kier alpha value is -1.83. The topological polar surface area (TPSA) is 70.4 Å². The van der Waals surface area contributed by atoms with Crippen molar-refractivity contribution in [3.8, 4) is 6.07 Å². The molecule has 0 aromatic rings. The van der Waals surface area contributed by atoms with E-state index in [0.717, 1.165) is 6.42 Å². The van der Waals surface area contributed by atoms with Gasteiger partial charge in [0.2, 0.25) is 0 Å². The van der Waals surface area contributed by atoms with Gasteiger partial charge in [0.25, 0.3) is 0 Å². The van der Waals surface area contributed by atoms with Crippen molar-refractivity contribution in [2.75, 3.05) is 13.1 Å². The fourth-order valence-corrected chi connectivity index (χ4v) is 3.60. The molecule has 1 fully saturated rings. The van der Waals surface area contributed by atoms with E-state index in [-0.39, 0.29) is 34.7 Å². The molecule has 0 saturated carbocycles. The molecule has 5 heteroatoms. The van der Waals surface area contributed by atoms with E-state index in [9.17, 15) is 9.59 Å². The smallest absolute Gasteiger partial charge is 0.410 e. The van der Waals surface area contributed by atoms with Crippen LogP contribution in [0.1, 0.15) is 41.0 Å². The number of likely N-dealkylation sites (tertiary alicyclic amines) is 1. The zero-order valence-electron chi connectivity index (χ0n) is 14.0. The molecule has 0 aromatic carbocycles. The maximum atomic E-state index is 12.3. The lowest BCUT2D eigenvalue weighted by atomic mass is 9.61. The second-order valence-corrected chi connectivity index (χ2v) is 7.63. The largest absolute Gasteiger partial charge is 0.444 e. The third-order valence-electron chi connectivity index (χ3n) is 4.62. The molecule has 1 aliphatic carbocycles. The number of amides is 1. The Morgan fingerprint density at radius 3 is 2.68 bits per heavy atom. The molecule has 1 amide bonds. The van der Waals surface area contributed by atoms with Gasteiger partial charge in [0.15, 0.2) is 5.78 Å². The van der Waals surface area contributed by atoms with Gasteiger partial charge in [0.05, 0.1) is 5.57 Å². The number of ketones is 1. The SMILES string of the molecule is C[C@@H]1C(=O)C(C#N)=C[C@]2(C)CN(C(=O)OC(C)(C)C)CC[C@@H]12. The molecule has 0 N–H and O–H groups in total. The lowest BCUT2D eigenvalue weighted by Gasteiger charge is -2.48. The van der Waals surface area contributed by atoms with E-state index in [0.29, 0.717) is 13.1 Å². The summed E-state index contributed by atoms with van der Waals surface area (Å²) < 4.78 is 5.44. The molecule has 0 aromatic heterocycles. The van der Waals surface area contributed by atoms with E-state index >= 15 is 0 Å². The van der Waals surface area contributed by atoms with Crippen molar-refractivity contribution in [2.24, 2.45) is 17.3 Å². The van der Waals surface area contributed by atoms with Crippen LogP contribution < -0.4 is 0 Å². The first-order chi connectivity index (χ1) is 10.1. The third-order valence-corrected chi connectivity index (χ3v) is 4.62. The van der Waals surface area contributed by atoms with Gasteiger partial charge in [-0.15, -0.1) is 0 Å². The number of allylic oxidation sites excluding steroid dienone is 1. The second-order valence-electron chi connectivity index (χ2n) is 7.63. The zero-order chi connectivity index (χ0) is 16.7. The molecule has 1 aliphatic heterocycles. The van der Waals surface area contributed by atoms with Gasteiger partial charge in [-0.2, -0.15) is 5.26 Å². The Morgan fingerprint density at radius 2 is 2.14 bits per heavy atom. The van der Waals surface area contributed by atoms with Crippen molar-refractivity contribution in [1.29, 1.82) is 5.26 Å². The summed E-state index contributed by atoms with van der Waals surface area (Å²) in [6, 6.07) is 2.00. The lowest BCUT2D eigenvalue weighted by molar-refractivity contribution is -0.123. The van der Waals surface area contributed by atoms with E-state index in [4.69, 9.17) is 10.00 Å². The van der Waals surface area contributed by atoms with Crippen molar-refractivity contribution in [3.05, 3.63) is 11.6 Å². The molecule has 0 unspecified atom stereocenters. The third kappa shape index (κ3) is 3.01. The van der Waals surface area contributed by atoms with Crippen molar-refractivity contribution in [3.63, 3.8) is 0 Å². The standard InChI is InChI=1S/C17H24N2O3/c1-11-13-6-7-19(15(21)22-16(2,3)4)10-17(13,5)8-12(9-18)14(11)20/h8,11,13H,6-7,10H2,1-5H3/t11-,13-,17+/m0/s1. The van der Waals surface area contributed by atoms with Gasteiger partial charge in [-0.25, -0.2) is 4.79 Å². The molecule has 22 heavy (non-hydrogen) atoms. The number of piperidine rings is 1. The van der Waals surface area contributed by atoms with Crippen molar-refractivity contribution >= 4 is 11.9 Å². The molecule has 1 heterocycles. The molecular weight excluding hydrogens is 280 g/mol. The molecule has 2 rings (SSSR count). The van der Waals surface area contributed by atoms with Gasteiger partial charge in [-0.05, 0) is 33.1 Å². The van der Waals surface area contributed by atoms with E-state index in [1.54, 1.807) is 11.0 Å². The minimum absolute atomic E-state index is 0.0734. The number of ether oxygens (including phenoxy) is 1. The Labute approximate surface area is 131 Å². The predicted molar refractivity (Wildman–Crippen MR) is 81.9 cm³/mol. The predicted octanol–water partition coefficient (Wildman–Crippen LogP) is 2.92. The molecule has 2 aliphatic rings. The normalized spacial score (nSPS) is 31.9. The van der Waals surface area contributed by atoms with Crippen LogP contribution in [0, 0.1) is 28.6 Å². The summed E-state index contributed by atoms with van der Waals surface area (Å²) in [5.74, 6) is -0.0862. The second kappa shape index (κ2) is 5.42. The number of Topliss-reactive ketones (excluding diaryl/α,β-unsaturated/α-hetero) is 1. The molecule has 120 valence electrons. The minimum Gasteiger partial charge on any atom is -0.444 e. The van der Waals surface area contributed by atoms with Crippen LogP contribution in [0.3, 0.4) is 0 Å². The maximum absolute atomic E-state index is 12.3. The van der Waals surface area contributed by atoms with Crippen LogP contribution >= 0.6 is 0 Å². The highest BCUT2D eigenvalue weighted by Crippen LogP contribution is 2.46. The summed E-state index contributed by atoms with van der Waals surface area (Å²) in [7, 11) is 0. The quantitative estimate of drug-likeness (QED) is 0.690. The van der Waals surface area contributed by atoms with Crippen molar-refractivity contribution in [2.45, 2.75) is 46.6 Å². The molecule has 1 saturated heterocycles. The average molecular weight is 304 g/mol.